The number of nitrogens with zero attached hydrogens (tertiary/aromatic N) is 5. The van der Waals surface area contributed by atoms with Gasteiger partial charge in [-0.15, -0.1) is 0 Å². The summed E-state index contributed by atoms with van der Waals surface area (Å²) < 4.78 is 76.2. The van der Waals surface area contributed by atoms with Gasteiger partial charge in [-0.1, -0.05) is 18.2 Å². The molecule has 4 heterocycles. The molecule has 1 fully saturated rings. The summed E-state index contributed by atoms with van der Waals surface area (Å²) >= 11 is 0. The highest BCUT2D eigenvalue weighted by Crippen LogP contribution is 2.39. The van der Waals surface area contributed by atoms with Crippen molar-refractivity contribution in [2.75, 3.05) is 25.9 Å². The van der Waals surface area contributed by atoms with Crippen molar-refractivity contribution in [3.05, 3.63) is 71.4 Å². The number of hydrogen-bond acceptors (Lipinski definition) is 7. The van der Waals surface area contributed by atoms with Crippen molar-refractivity contribution in [1.82, 2.24) is 29.8 Å². The molecule has 3 N–H and O–H groups in total. The molecule has 3 aromatic heterocycles. The van der Waals surface area contributed by atoms with E-state index >= 15 is 0 Å². The molecule has 2 atom stereocenters. The predicted octanol–water partition coefficient (Wildman–Crippen LogP) is 3.49. The molecule has 0 radical (unpaired) electrons. The number of methoxy groups -OCH3 is 1. The maximum absolute atomic E-state index is 14.8. The average Bonchev–Trinajstić information content (AvgIpc) is 3.46. The Morgan fingerprint density at radius 3 is 2.69 bits per heavy atom. The van der Waals surface area contributed by atoms with Gasteiger partial charge >= 0.3 is 6.18 Å². The average molecular weight is 547 g/mol. The van der Waals surface area contributed by atoms with Crippen molar-refractivity contribution in [2.45, 2.75) is 24.9 Å². The largest absolute Gasteiger partial charge is 0.480 e. The van der Waals surface area contributed by atoms with E-state index in [0.29, 0.717) is 5.56 Å². The smallest absolute Gasteiger partial charge is 0.418 e. The van der Waals surface area contributed by atoms with Crippen LogP contribution < -0.4 is 15.8 Å². The lowest BCUT2D eigenvalue weighted by Crippen LogP contribution is -2.41. The summed E-state index contributed by atoms with van der Waals surface area (Å²) in [7, 11) is 1.27. The van der Waals surface area contributed by atoms with Crippen LogP contribution in [0.25, 0.3) is 16.8 Å². The van der Waals surface area contributed by atoms with Gasteiger partial charge in [-0.3, -0.25) is 9.69 Å². The third-order valence-corrected chi connectivity index (χ3v) is 6.47. The van der Waals surface area contributed by atoms with E-state index in [9.17, 15) is 26.7 Å². The van der Waals surface area contributed by atoms with Gasteiger partial charge in [0.05, 0.1) is 24.4 Å². The van der Waals surface area contributed by atoms with E-state index < -0.39 is 41.2 Å². The molecular weight excluding hydrogens is 525 g/mol. The Bertz CT molecular complexity index is 1540. The van der Waals surface area contributed by atoms with Crippen LogP contribution >= 0.6 is 0 Å². The SMILES string of the molecule is COc1ncc(-c2cc(C(F)(F)F)c3c(N)ncnn23)cc1C(=O)NC1CN(Cc2ccccc2F)CC1F. The first-order valence-corrected chi connectivity index (χ1v) is 11.7. The highest BCUT2D eigenvalue weighted by molar-refractivity contribution is 5.98. The van der Waals surface area contributed by atoms with Crippen LogP contribution in [0.1, 0.15) is 21.5 Å². The van der Waals surface area contributed by atoms with Crippen molar-refractivity contribution in [3.63, 3.8) is 0 Å². The topological polar surface area (TPSA) is 111 Å². The monoisotopic (exact) mass is 547 g/mol. The van der Waals surface area contributed by atoms with Gasteiger partial charge < -0.3 is 15.8 Å². The van der Waals surface area contributed by atoms with E-state index in [1.54, 1.807) is 23.1 Å². The normalized spacial score (nSPS) is 18.0. The number of carbonyl (C=O) groups excluding carboxylic acids is 1. The lowest BCUT2D eigenvalue weighted by molar-refractivity contribution is -0.136. The number of likely N-dealkylation sites (tertiary alicyclic amines) is 1. The third-order valence-electron chi connectivity index (χ3n) is 6.47. The van der Waals surface area contributed by atoms with Gasteiger partial charge in [-0.2, -0.15) is 18.3 Å². The van der Waals surface area contributed by atoms with Crippen LogP contribution in [-0.4, -0.2) is 62.8 Å². The zero-order valence-electron chi connectivity index (χ0n) is 20.4. The molecule has 9 nitrogen and oxygen atoms in total. The van der Waals surface area contributed by atoms with Crippen LogP contribution in [0.15, 0.2) is 48.9 Å². The molecule has 1 aliphatic heterocycles. The van der Waals surface area contributed by atoms with Gasteiger partial charge in [-0.25, -0.2) is 23.3 Å². The molecule has 1 aliphatic rings. The molecule has 0 aliphatic carbocycles. The lowest BCUT2D eigenvalue weighted by atomic mass is 10.1. The Labute approximate surface area is 218 Å². The molecule has 204 valence electrons. The number of fused-ring (bicyclic) bond motifs is 1. The molecule has 0 spiro atoms. The maximum atomic E-state index is 14.8. The molecule has 5 rings (SSSR count). The minimum atomic E-state index is -4.75. The van der Waals surface area contributed by atoms with Crippen LogP contribution in [0.4, 0.5) is 27.8 Å². The predicted molar refractivity (Wildman–Crippen MR) is 130 cm³/mol. The summed E-state index contributed by atoms with van der Waals surface area (Å²) in [5.41, 5.74) is 4.55. The summed E-state index contributed by atoms with van der Waals surface area (Å²) in [6.07, 6.45) is -3.97. The summed E-state index contributed by atoms with van der Waals surface area (Å²) in [5, 5.41) is 6.50. The number of alkyl halides is 4. The maximum Gasteiger partial charge on any atom is 0.418 e. The number of halogens is 5. The van der Waals surface area contributed by atoms with Crippen molar-refractivity contribution >= 4 is 17.2 Å². The van der Waals surface area contributed by atoms with E-state index in [0.717, 1.165) is 16.9 Å². The van der Waals surface area contributed by atoms with Gasteiger partial charge in [-0.05, 0) is 18.2 Å². The van der Waals surface area contributed by atoms with Crippen molar-refractivity contribution in [3.8, 4) is 17.1 Å². The van der Waals surface area contributed by atoms with Crippen molar-refractivity contribution in [2.24, 2.45) is 0 Å². The highest BCUT2D eigenvalue weighted by atomic mass is 19.4. The molecule has 1 amide bonds. The standard InChI is InChI=1S/C25H22F5N7O2/c1-39-24-15(23(38)35-19-11-36(10-18(19)27)9-13-4-2-3-5-17(13)26)6-14(8-32-24)20-7-16(25(28,29)30)21-22(31)33-12-34-37(20)21/h2-8,12,18-19H,9-11H2,1H3,(H,35,38)(H2,31,33,34). The summed E-state index contributed by atoms with van der Waals surface area (Å²) in [4.78, 5) is 22.6. The van der Waals surface area contributed by atoms with Crippen molar-refractivity contribution < 1.29 is 31.5 Å². The summed E-state index contributed by atoms with van der Waals surface area (Å²) in [6.45, 7) is 0.255. The number of hydrogen-bond donors (Lipinski definition) is 2. The third kappa shape index (κ3) is 5.06. The van der Waals surface area contributed by atoms with E-state index in [1.807, 2.05) is 0 Å². The molecule has 1 saturated heterocycles. The number of anilines is 1. The van der Waals surface area contributed by atoms with Crippen LogP contribution in [0, 0.1) is 5.82 Å². The minimum Gasteiger partial charge on any atom is -0.480 e. The number of nitrogen functional groups attached to an aromatic ring is 1. The second-order valence-electron chi connectivity index (χ2n) is 9.01. The van der Waals surface area contributed by atoms with E-state index in [1.165, 1.54) is 25.4 Å². The van der Waals surface area contributed by atoms with E-state index in [2.05, 4.69) is 20.4 Å². The summed E-state index contributed by atoms with van der Waals surface area (Å²) in [5.74, 6) is -1.64. The molecule has 14 heteroatoms. The number of ether oxygens (including phenoxy) is 1. The number of amides is 1. The van der Waals surface area contributed by atoms with E-state index in [-0.39, 0.29) is 48.2 Å². The second kappa shape index (κ2) is 10.1. The number of nitrogens with two attached hydrogens (primary N) is 1. The second-order valence-corrected chi connectivity index (χ2v) is 9.01. The zero-order chi connectivity index (χ0) is 27.9. The first-order valence-electron chi connectivity index (χ1n) is 11.7. The van der Waals surface area contributed by atoms with Gasteiger partial charge in [0.25, 0.3) is 5.91 Å². The van der Waals surface area contributed by atoms with Gasteiger partial charge in [0.15, 0.2) is 5.82 Å². The van der Waals surface area contributed by atoms with Crippen LogP contribution in [0.3, 0.4) is 0 Å². The fourth-order valence-corrected chi connectivity index (χ4v) is 4.63. The molecule has 0 saturated carbocycles. The molecular formula is C25H22F5N7O2. The van der Waals surface area contributed by atoms with Crippen LogP contribution in [0.2, 0.25) is 0 Å². The summed E-state index contributed by atoms with van der Waals surface area (Å²) in [6, 6.07) is 7.35. The Morgan fingerprint density at radius 1 is 1.21 bits per heavy atom. The number of carbonyl (C=O) groups is 1. The first-order chi connectivity index (χ1) is 18.6. The van der Waals surface area contributed by atoms with Crippen LogP contribution in [0.5, 0.6) is 5.88 Å². The Kier molecular flexibility index (Phi) is 6.80. The van der Waals surface area contributed by atoms with Gasteiger partial charge in [0.2, 0.25) is 5.88 Å². The van der Waals surface area contributed by atoms with Gasteiger partial charge in [0.1, 0.15) is 29.4 Å². The Morgan fingerprint density at radius 2 is 1.97 bits per heavy atom. The first kappa shape index (κ1) is 26.3. The Balaban J connectivity index is 1.42. The number of rotatable bonds is 6. The Hall–Kier alpha value is -4.33. The van der Waals surface area contributed by atoms with Crippen LogP contribution in [-0.2, 0) is 12.7 Å². The molecule has 1 aromatic carbocycles. The quantitative estimate of drug-likeness (QED) is 0.356. The lowest BCUT2D eigenvalue weighted by Gasteiger charge is -2.17. The number of pyridine rings is 1. The molecule has 39 heavy (non-hydrogen) atoms. The van der Waals surface area contributed by atoms with Gasteiger partial charge in [0, 0.05) is 37.0 Å². The zero-order valence-corrected chi connectivity index (χ0v) is 20.4. The fourth-order valence-electron chi connectivity index (χ4n) is 4.63. The molecule has 4 aromatic rings. The highest BCUT2D eigenvalue weighted by Gasteiger charge is 2.37. The molecule has 0 bridgehead atoms. The molecule has 2 unspecified atom stereocenters. The number of nitrogens with one attached hydrogen (secondary N) is 1. The van der Waals surface area contributed by atoms with Crippen molar-refractivity contribution in [1.29, 1.82) is 0 Å². The number of aromatic nitrogens is 4. The number of benzene rings is 1. The minimum absolute atomic E-state index is 0.0216. The fraction of sp³-hybridized carbons (Fsp3) is 0.280. The van der Waals surface area contributed by atoms with E-state index in [4.69, 9.17) is 10.5 Å².